The Morgan fingerprint density at radius 1 is 1.46 bits per heavy atom. The predicted octanol–water partition coefficient (Wildman–Crippen LogP) is 1.76. The van der Waals surface area contributed by atoms with Crippen molar-refractivity contribution in [1.29, 1.82) is 0 Å². The van der Waals surface area contributed by atoms with Gasteiger partial charge in [-0.25, -0.2) is 0 Å². The van der Waals surface area contributed by atoms with Gasteiger partial charge in [0.25, 0.3) is 5.91 Å². The Bertz CT molecular complexity index is 588. The third-order valence-corrected chi connectivity index (χ3v) is 5.28. The van der Waals surface area contributed by atoms with Gasteiger partial charge in [0.1, 0.15) is 5.69 Å². The molecule has 1 spiro atoms. The van der Waals surface area contributed by atoms with Crippen LogP contribution < -0.4 is 0 Å². The fourth-order valence-electron chi connectivity index (χ4n) is 3.88. The first kappa shape index (κ1) is 17.4. The summed E-state index contributed by atoms with van der Waals surface area (Å²) in [5.41, 5.74) is 1.17. The number of piperidine rings is 1. The van der Waals surface area contributed by atoms with Crippen molar-refractivity contribution in [2.45, 2.75) is 57.7 Å². The second kappa shape index (κ2) is 6.84. The van der Waals surface area contributed by atoms with E-state index in [-0.39, 0.29) is 5.91 Å². The van der Waals surface area contributed by atoms with E-state index in [1.54, 1.807) is 4.68 Å². The molecule has 2 saturated heterocycles. The van der Waals surface area contributed by atoms with E-state index < -0.39 is 11.7 Å². The Labute approximate surface area is 143 Å². The van der Waals surface area contributed by atoms with Crippen LogP contribution in [0.15, 0.2) is 6.07 Å². The van der Waals surface area contributed by atoms with Gasteiger partial charge >= 0.3 is 0 Å². The van der Waals surface area contributed by atoms with Crippen LogP contribution in [0.2, 0.25) is 0 Å². The van der Waals surface area contributed by atoms with E-state index in [2.05, 4.69) is 18.9 Å². The Morgan fingerprint density at radius 2 is 2.17 bits per heavy atom. The highest BCUT2D eigenvalue weighted by molar-refractivity contribution is 5.92. The number of aliphatic hydroxyl groups excluding tert-OH is 1. The molecule has 3 rings (SSSR count). The average Bonchev–Trinajstić information content (AvgIpc) is 2.90. The number of hydrogen-bond acceptors (Lipinski definition) is 4. The van der Waals surface area contributed by atoms with Gasteiger partial charge in [0.05, 0.1) is 17.4 Å². The standard InChI is InChI=1S/C18H29N3O3/c1-13(2)11-14-12-15(20(3)19-14)17(23)21-8-6-18(7-9-21)16(22)5-4-10-24-18/h12-13,16,22H,4-11H2,1-3H3. The van der Waals surface area contributed by atoms with Crippen LogP contribution in [0.5, 0.6) is 0 Å². The lowest BCUT2D eigenvalue weighted by Crippen LogP contribution is -2.56. The van der Waals surface area contributed by atoms with Crippen molar-refractivity contribution in [3.63, 3.8) is 0 Å². The van der Waals surface area contributed by atoms with Crippen molar-refractivity contribution in [2.75, 3.05) is 19.7 Å². The molecule has 1 aromatic rings. The minimum absolute atomic E-state index is 0.0279. The molecule has 0 saturated carbocycles. The van der Waals surface area contributed by atoms with Gasteiger partial charge in [-0.15, -0.1) is 0 Å². The highest BCUT2D eigenvalue weighted by atomic mass is 16.5. The van der Waals surface area contributed by atoms with Crippen LogP contribution in [-0.4, -0.2) is 57.1 Å². The van der Waals surface area contributed by atoms with E-state index in [1.807, 2.05) is 18.0 Å². The van der Waals surface area contributed by atoms with Gasteiger partial charge in [0, 0.05) is 26.7 Å². The van der Waals surface area contributed by atoms with Gasteiger partial charge in [-0.05, 0) is 44.1 Å². The van der Waals surface area contributed by atoms with Crippen molar-refractivity contribution in [3.8, 4) is 0 Å². The maximum Gasteiger partial charge on any atom is 0.272 e. The SMILES string of the molecule is CC(C)Cc1cc(C(=O)N2CCC3(CC2)OCCCC3O)n(C)n1. The zero-order valence-electron chi connectivity index (χ0n) is 15.0. The van der Waals surface area contributed by atoms with Crippen LogP contribution in [-0.2, 0) is 18.2 Å². The minimum Gasteiger partial charge on any atom is -0.390 e. The number of carbonyl (C=O) groups excluding carboxylic acids is 1. The van der Waals surface area contributed by atoms with Gasteiger partial charge in [-0.3, -0.25) is 9.48 Å². The molecule has 24 heavy (non-hydrogen) atoms. The summed E-state index contributed by atoms with van der Waals surface area (Å²) in [6, 6.07) is 1.92. The molecule has 0 aromatic carbocycles. The van der Waals surface area contributed by atoms with Gasteiger partial charge in [-0.1, -0.05) is 13.8 Å². The lowest BCUT2D eigenvalue weighted by molar-refractivity contribution is -0.174. The Balaban J connectivity index is 1.66. The average molecular weight is 335 g/mol. The summed E-state index contributed by atoms with van der Waals surface area (Å²) in [6.07, 6.45) is 3.60. The highest BCUT2D eigenvalue weighted by Crippen LogP contribution is 2.35. The summed E-state index contributed by atoms with van der Waals surface area (Å²) >= 11 is 0. The third-order valence-electron chi connectivity index (χ3n) is 5.28. The molecule has 134 valence electrons. The molecule has 0 aliphatic carbocycles. The van der Waals surface area contributed by atoms with Gasteiger partial charge in [-0.2, -0.15) is 5.10 Å². The second-order valence-electron chi connectivity index (χ2n) is 7.61. The second-order valence-corrected chi connectivity index (χ2v) is 7.61. The normalized spacial score (nSPS) is 23.9. The molecule has 6 heteroatoms. The van der Waals surface area contributed by atoms with Crippen LogP contribution in [0.4, 0.5) is 0 Å². The largest absolute Gasteiger partial charge is 0.390 e. The molecule has 1 unspecified atom stereocenters. The molecule has 1 atom stereocenters. The van der Waals surface area contributed by atoms with E-state index in [0.29, 0.717) is 44.1 Å². The van der Waals surface area contributed by atoms with Crippen LogP contribution in [0.25, 0.3) is 0 Å². The fourth-order valence-corrected chi connectivity index (χ4v) is 3.88. The maximum atomic E-state index is 12.8. The van der Waals surface area contributed by atoms with E-state index in [4.69, 9.17) is 4.74 Å². The molecule has 1 amide bonds. The fraction of sp³-hybridized carbons (Fsp3) is 0.778. The van der Waals surface area contributed by atoms with Gasteiger partial charge in [0.2, 0.25) is 0 Å². The predicted molar refractivity (Wildman–Crippen MR) is 90.8 cm³/mol. The van der Waals surface area contributed by atoms with Crippen molar-refractivity contribution in [3.05, 3.63) is 17.5 Å². The topological polar surface area (TPSA) is 67.6 Å². The van der Waals surface area contributed by atoms with Crippen LogP contribution in [0.3, 0.4) is 0 Å². The monoisotopic (exact) mass is 335 g/mol. The van der Waals surface area contributed by atoms with Crippen molar-refractivity contribution in [1.82, 2.24) is 14.7 Å². The molecular formula is C18H29N3O3. The lowest BCUT2D eigenvalue weighted by atomic mass is 9.82. The number of carbonyl (C=O) groups is 1. The number of likely N-dealkylation sites (tertiary alicyclic amines) is 1. The molecule has 2 fully saturated rings. The summed E-state index contributed by atoms with van der Waals surface area (Å²) < 4.78 is 7.61. The molecule has 3 heterocycles. The molecule has 0 bridgehead atoms. The molecule has 0 radical (unpaired) electrons. The number of aliphatic hydroxyl groups is 1. The zero-order valence-corrected chi connectivity index (χ0v) is 15.0. The third kappa shape index (κ3) is 3.35. The number of amides is 1. The van der Waals surface area contributed by atoms with Crippen molar-refractivity contribution >= 4 is 5.91 Å². The number of rotatable bonds is 3. The number of nitrogens with zero attached hydrogens (tertiary/aromatic N) is 3. The van der Waals surface area contributed by atoms with Crippen LogP contribution >= 0.6 is 0 Å². The van der Waals surface area contributed by atoms with E-state index in [0.717, 1.165) is 25.0 Å². The first-order chi connectivity index (χ1) is 11.4. The van der Waals surface area contributed by atoms with E-state index in [9.17, 15) is 9.90 Å². The van der Waals surface area contributed by atoms with Crippen molar-refractivity contribution < 1.29 is 14.6 Å². The molecule has 2 aliphatic heterocycles. The zero-order chi connectivity index (χ0) is 17.3. The lowest BCUT2D eigenvalue weighted by Gasteiger charge is -2.46. The van der Waals surface area contributed by atoms with Crippen LogP contribution in [0, 0.1) is 5.92 Å². The first-order valence-electron chi connectivity index (χ1n) is 9.05. The van der Waals surface area contributed by atoms with Gasteiger partial charge < -0.3 is 14.7 Å². The van der Waals surface area contributed by atoms with E-state index in [1.165, 1.54) is 0 Å². The molecular weight excluding hydrogens is 306 g/mol. The minimum atomic E-state index is -0.440. The summed E-state index contributed by atoms with van der Waals surface area (Å²) in [7, 11) is 1.83. The Morgan fingerprint density at radius 3 is 2.79 bits per heavy atom. The molecule has 6 nitrogen and oxygen atoms in total. The smallest absolute Gasteiger partial charge is 0.272 e. The maximum absolute atomic E-state index is 12.8. The van der Waals surface area contributed by atoms with E-state index >= 15 is 0 Å². The number of ether oxygens (including phenoxy) is 1. The molecule has 2 aliphatic rings. The van der Waals surface area contributed by atoms with Gasteiger partial charge in [0.15, 0.2) is 0 Å². The summed E-state index contributed by atoms with van der Waals surface area (Å²) in [5.74, 6) is 0.544. The first-order valence-corrected chi connectivity index (χ1v) is 9.05. The van der Waals surface area contributed by atoms with Crippen LogP contribution in [0.1, 0.15) is 55.7 Å². The molecule has 1 N–H and O–H groups in total. The Hall–Kier alpha value is -1.40. The Kier molecular flexibility index (Phi) is 4.97. The highest BCUT2D eigenvalue weighted by Gasteiger charge is 2.44. The molecule has 1 aromatic heterocycles. The number of aryl methyl sites for hydroxylation is 1. The number of hydrogen-bond donors (Lipinski definition) is 1. The quantitative estimate of drug-likeness (QED) is 0.914. The summed E-state index contributed by atoms with van der Waals surface area (Å²) in [4.78, 5) is 14.7. The summed E-state index contributed by atoms with van der Waals surface area (Å²) in [6.45, 7) is 6.26. The number of aromatic nitrogens is 2. The van der Waals surface area contributed by atoms with Crippen molar-refractivity contribution in [2.24, 2.45) is 13.0 Å². The summed E-state index contributed by atoms with van der Waals surface area (Å²) in [5, 5.41) is 14.8.